The lowest BCUT2D eigenvalue weighted by Gasteiger charge is -2.33. The lowest BCUT2D eigenvalue weighted by molar-refractivity contribution is -0.125. The van der Waals surface area contributed by atoms with Crippen LogP contribution in [0.2, 0.25) is 0 Å². The molecule has 2 aromatic rings. The van der Waals surface area contributed by atoms with Gasteiger partial charge in [0.25, 0.3) is 5.91 Å². The van der Waals surface area contributed by atoms with Crippen molar-refractivity contribution in [1.82, 2.24) is 9.88 Å². The maximum absolute atomic E-state index is 12.3. The van der Waals surface area contributed by atoms with Gasteiger partial charge in [0, 0.05) is 54.1 Å². The highest BCUT2D eigenvalue weighted by Gasteiger charge is 2.24. The molecule has 1 amide bonds. The van der Waals surface area contributed by atoms with Crippen LogP contribution in [0, 0.1) is 11.8 Å². The second-order valence-corrected chi connectivity index (χ2v) is 8.25. The fraction of sp³-hybridized carbons (Fsp3) is 0.400. The minimum atomic E-state index is -0.129. The molecule has 0 atom stereocenters. The van der Waals surface area contributed by atoms with E-state index in [1.807, 2.05) is 12.1 Å². The minimum Gasteiger partial charge on any atom is -0.399 e. The number of aromatic nitrogens is 1. The van der Waals surface area contributed by atoms with E-state index in [-0.39, 0.29) is 11.3 Å². The van der Waals surface area contributed by atoms with Crippen LogP contribution in [0.1, 0.15) is 32.0 Å². The summed E-state index contributed by atoms with van der Waals surface area (Å²) in [5.74, 6) is 5.51. The highest BCUT2D eigenvalue weighted by atomic mass is 32.1. The number of carbonyl (C=O) groups is 1. The Hall–Kier alpha value is -2.52. The van der Waals surface area contributed by atoms with E-state index in [0.29, 0.717) is 18.8 Å². The number of nitrogens with zero attached hydrogens (tertiary/aromatic N) is 3. The Morgan fingerprint density at radius 3 is 2.38 bits per heavy atom. The average Bonchev–Trinajstić information content (AvgIpc) is 3.12. The van der Waals surface area contributed by atoms with Gasteiger partial charge in [-0.2, -0.15) is 0 Å². The van der Waals surface area contributed by atoms with Crippen LogP contribution in [0.25, 0.3) is 0 Å². The molecule has 5 nitrogen and oxygen atoms in total. The van der Waals surface area contributed by atoms with Crippen LogP contribution in [0.4, 0.5) is 10.8 Å². The fourth-order valence-electron chi connectivity index (χ4n) is 2.63. The molecule has 6 heteroatoms. The predicted octanol–water partition coefficient (Wildman–Crippen LogP) is 2.72. The van der Waals surface area contributed by atoms with Gasteiger partial charge >= 0.3 is 0 Å². The first-order chi connectivity index (χ1) is 12.3. The first kappa shape index (κ1) is 18.3. The molecule has 1 aliphatic heterocycles. The molecule has 2 heterocycles. The minimum absolute atomic E-state index is 0.0598. The van der Waals surface area contributed by atoms with Crippen LogP contribution in [0.15, 0.2) is 29.6 Å². The summed E-state index contributed by atoms with van der Waals surface area (Å²) in [6.07, 6.45) is 0. The zero-order valence-electron chi connectivity index (χ0n) is 15.5. The first-order valence-electron chi connectivity index (χ1n) is 8.70. The zero-order chi connectivity index (χ0) is 18.7. The molecule has 0 radical (unpaired) electrons. The molecular formula is C20H24N4OS. The molecule has 1 saturated heterocycles. The summed E-state index contributed by atoms with van der Waals surface area (Å²) < 4.78 is 0. The molecule has 0 aliphatic carbocycles. The summed E-state index contributed by atoms with van der Waals surface area (Å²) in [4.78, 5) is 21.1. The highest BCUT2D eigenvalue weighted by molar-refractivity contribution is 7.13. The van der Waals surface area contributed by atoms with Crippen LogP contribution in [-0.2, 0) is 10.2 Å². The molecule has 1 aromatic heterocycles. The van der Waals surface area contributed by atoms with E-state index < -0.39 is 0 Å². The van der Waals surface area contributed by atoms with E-state index >= 15 is 0 Å². The van der Waals surface area contributed by atoms with Gasteiger partial charge < -0.3 is 15.5 Å². The van der Waals surface area contributed by atoms with Crippen molar-refractivity contribution in [1.29, 1.82) is 0 Å². The summed E-state index contributed by atoms with van der Waals surface area (Å²) >= 11 is 1.67. The Morgan fingerprint density at radius 1 is 1.15 bits per heavy atom. The van der Waals surface area contributed by atoms with Crippen molar-refractivity contribution in [3.63, 3.8) is 0 Å². The second kappa shape index (κ2) is 7.38. The highest BCUT2D eigenvalue weighted by Crippen LogP contribution is 2.29. The van der Waals surface area contributed by atoms with E-state index in [2.05, 4.69) is 42.9 Å². The first-order valence-corrected chi connectivity index (χ1v) is 9.58. The average molecular weight is 369 g/mol. The van der Waals surface area contributed by atoms with Gasteiger partial charge in [0.2, 0.25) is 0 Å². The molecule has 26 heavy (non-hydrogen) atoms. The number of hydrogen-bond acceptors (Lipinski definition) is 5. The van der Waals surface area contributed by atoms with Crippen LogP contribution in [0.5, 0.6) is 0 Å². The summed E-state index contributed by atoms with van der Waals surface area (Å²) in [7, 11) is 0. The van der Waals surface area contributed by atoms with Gasteiger partial charge in [-0.05, 0) is 24.3 Å². The standard InChI is InChI=1S/C20H24N4OS/c1-20(2,3)17-14-26-19(22-17)24-12-10-23(11-13-24)18(25)9-6-15-4-7-16(21)8-5-15/h4-5,7-8,14H,10-13,21H2,1-3H3. The molecule has 2 N–H and O–H groups in total. The fourth-order valence-corrected chi connectivity index (χ4v) is 3.73. The Kier molecular flexibility index (Phi) is 5.19. The Bertz CT molecular complexity index is 831. The molecular weight excluding hydrogens is 344 g/mol. The topological polar surface area (TPSA) is 62.5 Å². The number of piperazine rings is 1. The number of amides is 1. The monoisotopic (exact) mass is 368 g/mol. The second-order valence-electron chi connectivity index (χ2n) is 7.42. The summed E-state index contributed by atoms with van der Waals surface area (Å²) in [6.45, 7) is 9.41. The van der Waals surface area contributed by atoms with Crippen molar-refractivity contribution < 1.29 is 4.79 Å². The summed E-state index contributed by atoms with van der Waals surface area (Å²) in [5.41, 5.74) is 8.31. The molecule has 0 saturated carbocycles. The van der Waals surface area contributed by atoms with Crippen molar-refractivity contribution in [2.75, 3.05) is 36.8 Å². The molecule has 1 aliphatic rings. The third-order valence-corrected chi connectivity index (χ3v) is 5.22. The quantitative estimate of drug-likeness (QED) is 0.621. The smallest absolute Gasteiger partial charge is 0.298 e. The number of hydrogen-bond donors (Lipinski definition) is 1. The number of nitrogen functional groups attached to an aromatic ring is 1. The number of thiazole rings is 1. The maximum Gasteiger partial charge on any atom is 0.298 e. The third kappa shape index (κ3) is 4.36. The zero-order valence-corrected chi connectivity index (χ0v) is 16.3. The van der Waals surface area contributed by atoms with Gasteiger partial charge in [0.1, 0.15) is 0 Å². The van der Waals surface area contributed by atoms with Crippen molar-refractivity contribution in [3.8, 4) is 11.8 Å². The molecule has 0 unspecified atom stereocenters. The SMILES string of the molecule is CC(C)(C)c1csc(N2CCN(C(=O)C#Cc3ccc(N)cc3)CC2)n1. The molecule has 1 fully saturated rings. The lowest BCUT2D eigenvalue weighted by atomic mass is 9.93. The molecule has 0 spiro atoms. The van der Waals surface area contributed by atoms with Crippen LogP contribution in [0.3, 0.4) is 0 Å². The maximum atomic E-state index is 12.3. The number of rotatable bonds is 1. The largest absolute Gasteiger partial charge is 0.399 e. The Labute approximate surface area is 158 Å². The van der Waals surface area contributed by atoms with E-state index in [1.165, 1.54) is 0 Å². The van der Waals surface area contributed by atoms with Crippen LogP contribution < -0.4 is 10.6 Å². The van der Waals surface area contributed by atoms with E-state index in [9.17, 15) is 4.79 Å². The molecule has 3 rings (SSSR count). The van der Waals surface area contributed by atoms with Gasteiger partial charge in [0.15, 0.2) is 5.13 Å². The van der Waals surface area contributed by atoms with Gasteiger partial charge in [0.05, 0.1) is 5.69 Å². The van der Waals surface area contributed by atoms with Crippen LogP contribution >= 0.6 is 11.3 Å². The third-order valence-electron chi connectivity index (χ3n) is 4.32. The molecule has 136 valence electrons. The summed E-state index contributed by atoms with van der Waals surface area (Å²) in [5, 5.41) is 3.17. The van der Waals surface area contributed by atoms with E-state index in [1.54, 1.807) is 28.4 Å². The molecule has 1 aromatic carbocycles. The van der Waals surface area contributed by atoms with Gasteiger partial charge in [-0.25, -0.2) is 4.98 Å². The van der Waals surface area contributed by atoms with Crippen molar-refractivity contribution in [3.05, 3.63) is 40.9 Å². The van der Waals surface area contributed by atoms with Gasteiger partial charge in [-0.3, -0.25) is 4.79 Å². The number of nitrogens with two attached hydrogens (primary N) is 1. The predicted molar refractivity (Wildman–Crippen MR) is 107 cm³/mol. The lowest BCUT2D eigenvalue weighted by Crippen LogP contribution is -2.48. The Balaban J connectivity index is 1.57. The van der Waals surface area contributed by atoms with Gasteiger partial charge in [-0.15, -0.1) is 11.3 Å². The van der Waals surface area contributed by atoms with Crippen molar-refractivity contribution >= 4 is 28.1 Å². The Morgan fingerprint density at radius 2 is 1.81 bits per heavy atom. The number of benzene rings is 1. The van der Waals surface area contributed by atoms with Crippen LogP contribution in [-0.4, -0.2) is 42.0 Å². The van der Waals surface area contributed by atoms with Gasteiger partial charge in [-0.1, -0.05) is 26.7 Å². The van der Waals surface area contributed by atoms with E-state index in [0.717, 1.165) is 29.5 Å². The summed E-state index contributed by atoms with van der Waals surface area (Å²) in [6, 6.07) is 7.21. The van der Waals surface area contributed by atoms with Crippen molar-refractivity contribution in [2.24, 2.45) is 0 Å². The molecule has 0 bridgehead atoms. The van der Waals surface area contributed by atoms with E-state index in [4.69, 9.17) is 10.7 Å². The number of anilines is 2. The van der Waals surface area contributed by atoms with Crippen molar-refractivity contribution in [2.45, 2.75) is 26.2 Å². The normalized spacial score (nSPS) is 14.7. The number of carbonyl (C=O) groups excluding carboxylic acids is 1.